The molecule has 0 bridgehead atoms. The summed E-state index contributed by atoms with van der Waals surface area (Å²) >= 11 is 0. The van der Waals surface area contributed by atoms with E-state index < -0.39 is 5.54 Å². The quantitative estimate of drug-likeness (QED) is 0.650. The molecule has 3 aliphatic heterocycles. The molecular weight excluding hydrogens is 470 g/mol. The summed E-state index contributed by atoms with van der Waals surface area (Å²) in [5, 5.41) is 10.3. The van der Waals surface area contributed by atoms with Gasteiger partial charge >= 0.3 is 6.03 Å². The number of pyridine rings is 1. The monoisotopic (exact) mass is 511 g/mol. The molecule has 2 aromatic heterocycles. The molecule has 3 aliphatic rings. The Labute approximate surface area is 219 Å². The van der Waals surface area contributed by atoms with E-state index >= 15 is 0 Å². The number of aryl methyl sites for hydroxylation is 1. The predicted molar refractivity (Wildman–Crippen MR) is 142 cm³/mol. The number of piperazine rings is 1. The van der Waals surface area contributed by atoms with Crippen LogP contribution in [0.25, 0.3) is 0 Å². The normalized spacial score (nSPS) is 21.9. The molecule has 37 heavy (non-hydrogen) atoms. The smallest absolute Gasteiger partial charge is 0.321 e. The number of anilines is 1. The minimum Gasteiger partial charge on any atom is -0.381 e. The zero-order chi connectivity index (χ0) is 25.4. The third kappa shape index (κ3) is 5.36. The predicted octanol–water partition coefficient (Wildman–Crippen LogP) is 3.60. The van der Waals surface area contributed by atoms with Gasteiger partial charge in [0, 0.05) is 57.2 Å². The Morgan fingerprint density at radius 2 is 2.00 bits per heavy atom. The fraction of sp³-hybridized carbons (Fsp3) is 0.630. The summed E-state index contributed by atoms with van der Waals surface area (Å²) in [6.45, 7) is 13.8. The molecule has 0 aromatic carbocycles. The molecule has 2 aromatic rings. The van der Waals surface area contributed by atoms with Crippen molar-refractivity contribution in [3.63, 3.8) is 0 Å². The fourth-order valence-electron chi connectivity index (χ4n) is 5.69. The van der Waals surface area contributed by atoms with Crippen LogP contribution in [0.4, 0.5) is 10.6 Å². The second-order valence-corrected chi connectivity index (χ2v) is 10.9. The number of hydrogen-bond acceptors (Lipinski definition) is 6. The van der Waals surface area contributed by atoms with Crippen LogP contribution in [0.1, 0.15) is 68.3 Å². The van der Waals surface area contributed by atoms with Gasteiger partial charge in [0.05, 0.1) is 17.8 Å². The maximum atomic E-state index is 13.8. The van der Waals surface area contributed by atoms with Crippen molar-refractivity contribution in [2.75, 3.05) is 44.7 Å². The number of fused-ring (bicyclic) bond motifs is 1. The van der Waals surface area contributed by atoms with Gasteiger partial charge < -0.3 is 19.9 Å². The first-order chi connectivity index (χ1) is 17.2. The van der Waals surface area contributed by atoms with Crippen LogP contribution in [0.15, 0.2) is 18.3 Å². The molecule has 10 nitrogen and oxygen atoms in total. The Kier molecular flexibility index (Phi) is 7.89. The van der Waals surface area contributed by atoms with E-state index in [0.717, 1.165) is 62.5 Å². The van der Waals surface area contributed by atoms with Crippen molar-refractivity contribution in [2.45, 2.75) is 66.1 Å². The van der Waals surface area contributed by atoms with Gasteiger partial charge in [-0.1, -0.05) is 7.43 Å². The number of H-pyrrole nitrogens is 1. The standard InChI is InChI=1S/C26H37N7O3.CH4/c1-17-5-8-27-21(13-17)24(34)28-23-20-16-33(26(3,4)22(20)29-30-23)25(35)32-10-9-31(14-18(32)2)15-19-6-11-36-12-7-19;/h5,8,13,18-19H,6-7,9-12,14-16H2,1-4H3,(H2,28,29,30,34);1H4/t18-;/m0./s1. The van der Waals surface area contributed by atoms with Crippen LogP contribution >= 0.6 is 0 Å². The highest BCUT2D eigenvalue weighted by molar-refractivity contribution is 6.03. The van der Waals surface area contributed by atoms with Crippen molar-refractivity contribution < 1.29 is 14.3 Å². The van der Waals surface area contributed by atoms with Crippen LogP contribution in [0, 0.1) is 12.8 Å². The Morgan fingerprint density at radius 1 is 1.24 bits per heavy atom. The number of rotatable bonds is 4. The first-order valence-corrected chi connectivity index (χ1v) is 12.9. The SMILES string of the molecule is C.Cc1ccnc(C(=O)Nc2n[nH]c3c2CN(C(=O)N2CCN(CC4CCOCC4)C[C@@H]2C)C3(C)C)c1. The maximum absolute atomic E-state index is 13.8. The Balaban J connectivity index is 0.00000320. The van der Waals surface area contributed by atoms with Gasteiger partial charge in [0.15, 0.2) is 5.82 Å². The van der Waals surface area contributed by atoms with Crippen molar-refractivity contribution in [3.8, 4) is 0 Å². The van der Waals surface area contributed by atoms with E-state index in [1.807, 2.05) is 36.6 Å². The first-order valence-electron chi connectivity index (χ1n) is 12.9. The zero-order valence-electron chi connectivity index (χ0n) is 21.7. The molecule has 2 N–H and O–H groups in total. The molecule has 2 saturated heterocycles. The molecule has 0 aliphatic carbocycles. The number of aromatic nitrogens is 3. The number of urea groups is 1. The van der Waals surface area contributed by atoms with Crippen LogP contribution in [0.2, 0.25) is 0 Å². The van der Waals surface area contributed by atoms with Gasteiger partial charge in [0.2, 0.25) is 0 Å². The second kappa shape index (κ2) is 10.8. The Hall–Kier alpha value is -2.98. The lowest BCUT2D eigenvalue weighted by atomic mass is 9.99. The summed E-state index contributed by atoms with van der Waals surface area (Å²) in [7, 11) is 0. The molecule has 3 amide bonds. The summed E-state index contributed by atoms with van der Waals surface area (Å²) in [5.74, 6) is 0.827. The Bertz CT molecular complexity index is 1120. The average molecular weight is 512 g/mol. The van der Waals surface area contributed by atoms with Gasteiger partial charge in [-0.15, -0.1) is 0 Å². The van der Waals surface area contributed by atoms with Gasteiger partial charge in [-0.3, -0.25) is 19.8 Å². The van der Waals surface area contributed by atoms with Gasteiger partial charge in [-0.05, 0) is 64.2 Å². The van der Waals surface area contributed by atoms with Crippen molar-refractivity contribution in [3.05, 3.63) is 40.8 Å². The minimum atomic E-state index is -0.567. The molecule has 5 rings (SSSR count). The third-order valence-corrected chi connectivity index (χ3v) is 7.90. The van der Waals surface area contributed by atoms with Gasteiger partial charge in [-0.25, -0.2) is 4.79 Å². The van der Waals surface area contributed by atoms with Crippen LogP contribution in [-0.2, 0) is 16.8 Å². The van der Waals surface area contributed by atoms with Gasteiger partial charge in [-0.2, -0.15) is 5.10 Å². The summed E-state index contributed by atoms with van der Waals surface area (Å²) in [6.07, 6.45) is 3.87. The molecule has 5 heterocycles. The number of nitrogens with zero attached hydrogens (tertiary/aromatic N) is 5. The molecule has 0 unspecified atom stereocenters. The highest BCUT2D eigenvalue weighted by Gasteiger charge is 2.46. The average Bonchev–Trinajstić information content (AvgIpc) is 3.37. The highest BCUT2D eigenvalue weighted by atomic mass is 16.5. The van der Waals surface area contributed by atoms with E-state index in [2.05, 4.69) is 32.3 Å². The van der Waals surface area contributed by atoms with E-state index in [0.29, 0.717) is 30.5 Å². The molecule has 0 saturated carbocycles. The van der Waals surface area contributed by atoms with E-state index in [1.54, 1.807) is 12.3 Å². The van der Waals surface area contributed by atoms with Crippen molar-refractivity contribution in [1.82, 2.24) is 29.9 Å². The molecule has 0 radical (unpaired) electrons. The third-order valence-electron chi connectivity index (χ3n) is 7.90. The lowest BCUT2D eigenvalue weighted by Crippen LogP contribution is -2.59. The number of amides is 3. The number of ether oxygens (including phenoxy) is 1. The van der Waals surface area contributed by atoms with Gasteiger partial charge in [0.25, 0.3) is 5.91 Å². The van der Waals surface area contributed by atoms with Crippen LogP contribution in [0.3, 0.4) is 0 Å². The number of carbonyl (C=O) groups excluding carboxylic acids is 2. The number of nitrogens with one attached hydrogen (secondary N) is 2. The number of hydrogen-bond donors (Lipinski definition) is 2. The second-order valence-electron chi connectivity index (χ2n) is 10.9. The largest absolute Gasteiger partial charge is 0.381 e. The van der Waals surface area contributed by atoms with Gasteiger partial charge in [0.1, 0.15) is 5.69 Å². The zero-order valence-corrected chi connectivity index (χ0v) is 21.7. The summed E-state index contributed by atoms with van der Waals surface area (Å²) in [6, 6.07) is 3.75. The topological polar surface area (TPSA) is 107 Å². The van der Waals surface area contributed by atoms with Crippen LogP contribution in [-0.4, -0.2) is 87.3 Å². The van der Waals surface area contributed by atoms with Crippen LogP contribution < -0.4 is 5.32 Å². The molecule has 10 heteroatoms. The van der Waals surface area contributed by atoms with E-state index in [4.69, 9.17) is 4.74 Å². The fourth-order valence-corrected chi connectivity index (χ4v) is 5.69. The highest BCUT2D eigenvalue weighted by Crippen LogP contribution is 2.41. The van der Waals surface area contributed by atoms with Crippen molar-refractivity contribution >= 4 is 17.8 Å². The maximum Gasteiger partial charge on any atom is 0.321 e. The summed E-state index contributed by atoms with van der Waals surface area (Å²) < 4.78 is 5.50. The van der Waals surface area contributed by atoms with Crippen molar-refractivity contribution in [1.29, 1.82) is 0 Å². The van der Waals surface area contributed by atoms with E-state index in [1.165, 1.54) is 0 Å². The molecule has 2 fully saturated rings. The van der Waals surface area contributed by atoms with Crippen molar-refractivity contribution in [2.24, 2.45) is 5.92 Å². The number of aromatic amines is 1. The molecule has 1 atom stereocenters. The molecular formula is C27H41N7O3. The molecule has 202 valence electrons. The lowest BCUT2D eigenvalue weighted by Gasteiger charge is -2.44. The lowest BCUT2D eigenvalue weighted by molar-refractivity contribution is 0.0290. The van der Waals surface area contributed by atoms with E-state index in [-0.39, 0.29) is 25.4 Å². The number of carbonyl (C=O) groups is 2. The summed E-state index contributed by atoms with van der Waals surface area (Å²) in [4.78, 5) is 37.1. The van der Waals surface area contributed by atoms with Crippen LogP contribution in [0.5, 0.6) is 0 Å². The Morgan fingerprint density at radius 3 is 2.70 bits per heavy atom. The molecule has 0 spiro atoms. The van der Waals surface area contributed by atoms with E-state index in [9.17, 15) is 9.59 Å². The minimum absolute atomic E-state index is 0. The summed E-state index contributed by atoms with van der Waals surface area (Å²) in [5.41, 5.74) is 2.43. The first kappa shape index (κ1) is 27.1.